The van der Waals surface area contributed by atoms with E-state index in [9.17, 15) is 8.78 Å². The highest BCUT2D eigenvalue weighted by molar-refractivity contribution is 6.58. The standard InChI is InChI=1S/C24H38F2Si/c1-18(2)11-14-27-15-12-22(13-16-27)21-8-5-19(6-9-21)3-4-20-7-10-23(25)24(26)17-20/h7,10,17-19,21-22,27H,3-6,8-9,11-16H2,1-2H3/t19-,21-,22-,27-. The Morgan fingerprint density at radius 1 is 0.926 bits per heavy atom. The molecule has 0 bridgehead atoms. The third-order valence-corrected chi connectivity index (χ3v) is 10.9. The monoisotopic (exact) mass is 392 g/mol. The van der Waals surface area contributed by atoms with Gasteiger partial charge in [0, 0.05) is 8.80 Å². The van der Waals surface area contributed by atoms with Crippen LogP contribution in [0.2, 0.25) is 18.1 Å². The summed E-state index contributed by atoms with van der Waals surface area (Å²) in [7, 11) is -0.399. The van der Waals surface area contributed by atoms with Crippen LogP contribution in [0.25, 0.3) is 0 Å². The topological polar surface area (TPSA) is 0 Å². The van der Waals surface area contributed by atoms with Gasteiger partial charge in [-0.15, -0.1) is 0 Å². The van der Waals surface area contributed by atoms with E-state index in [2.05, 4.69) is 13.8 Å². The quantitative estimate of drug-likeness (QED) is 0.424. The van der Waals surface area contributed by atoms with Crippen molar-refractivity contribution in [1.29, 1.82) is 0 Å². The minimum atomic E-state index is -0.735. The number of aryl methyl sites for hydroxylation is 1. The van der Waals surface area contributed by atoms with E-state index >= 15 is 0 Å². The molecule has 1 aromatic rings. The predicted molar refractivity (Wildman–Crippen MR) is 114 cm³/mol. The molecule has 0 N–H and O–H groups in total. The fourth-order valence-corrected chi connectivity index (χ4v) is 9.33. The Balaban J connectivity index is 1.35. The van der Waals surface area contributed by atoms with Gasteiger partial charge in [-0.05, 0) is 67.1 Å². The fourth-order valence-electron chi connectivity index (χ4n) is 5.53. The van der Waals surface area contributed by atoms with Gasteiger partial charge in [0.1, 0.15) is 0 Å². The van der Waals surface area contributed by atoms with Crippen LogP contribution in [0.4, 0.5) is 8.78 Å². The first kappa shape index (κ1) is 21.0. The first-order valence-electron chi connectivity index (χ1n) is 11.4. The first-order chi connectivity index (χ1) is 13.0. The molecule has 1 saturated carbocycles. The highest BCUT2D eigenvalue weighted by Crippen LogP contribution is 2.42. The molecule has 0 unspecified atom stereocenters. The number of halogens is 2. The van der Waals surface area contributed by atoms with Crippen LogP contribution < -0.4 is 0 Å². The Hall–Kier alpha value is -0.703. The van der Waals surface area contributed by atoms with Crippen LogP contribution in [0, 0.1) is 35.3 Å². The molecule has 0 aromatic heterocycles. The molecule has 3 heteroatoms. The third-order valence-electron chi connectivity index (χ3n) is 7.43. The normalized spacial score (nSPS) is 29.2. The lowest BCUT2D eigenvalue weighted by Gasteiger charge is -2.37. The maximum Gasteiger partial charge on any atom is 0.159 e. The summed E-state index contributed by atoms with van der Waals surface area (Å²) in [5.74, 6) is 2.22. The average molecular weight is 393 g/mol. The number of rotatable bonds is 7. The van der Waals surface area contributed by atoms with Gasteiger partial charge >= 0.3 is 0 Å². The molecule has 0 amide bonds. The van der Waals surface area contributed by atoms with Crippen LogP contribution in [-0.2, 0) is 6.42 Å². The second-order valence-corrected chi connectivity index (χ2v) is 13.3. The molecule has 1 aliphatic carbocycles. The van der Waals surface area contributed by atoms with Crippen molar-refractivity contribution in [3.05, 3.63) is 35.4 Å². The summed E-state index contributed by atoms with van der Waals surface area (Å²) >= 11 is 0. The van der Waals surface area contributed by atoms with Gasteiger partial charge < -0.3 is 0 Å². The lowest BCUT2D eigenvalue weighted by atomic mass is 9.73. The smallest absolute Gasteiger partial charge is 0.159 e. The molecule has 0 radical (unpaired) electrons. The molecule has 0 nitrogen and oxygen atoms in total. The number of benzene rings is 1. The first-order valence-corrected chi connectivity index (χ1v) is 13.9. The third kappa shape index (κ3) is 6.41. The SMILES string of the molecule is CC(C)CC[Si@H]1CC[C@H]([C@H]2CC[C@H](CCc3ccc(F)c(F)c3)CC2)CC1. The zero-order chi connectivity index (χ0) is 19.2. The Morgan fingerprint density at radius 2 is 1.59 bits per heavy atom. The zero-order valence-corrected chi connectivity index (χ0v) is 18.5. The van der Waals surface area contributed by atoms with Crippen molar-refractivity contribution < 1.29 is 8.78 Å². The van der Waals surface area contributed by atoms with Gasteiger partial charge in [-0.3, -0.25) is 0 Å². The summed E-state index contributed by atoms with van der Waals surface area (Å²) in [6.07, 6.45) is 12.0. The summed E-state index contributed by atoms with van der Waals surface area (Å²) in [5.41, 5.74) is 0.945. The van der Waals surface area contributed by atoms with E-state index in [1.54, 1.807) is 24.2 Å². The van der Waals surface area contributed by atoms with Gasteiger partial charge in [-0.2, -0.15) is 0 Å². The molecule has 2 fully saturated rings. The van der Waals surface area contributed by atoms with E-state index in [4.69, 9.17) is 0 Å². The van der Waals surface area contributed by atoms with Crippen LogP contribution in [-0.4, -0.2) is 8.80 Å². The molecular formula is C24H38F2Si. The van der Waals surface area contributed by atoms with Gasteiger partial charge in [0.05, 0.1) is 0 Å². The molecule has 1 aromatic carbocycles. The van der Waals surface area contributed by atoms with Crippen molar-refractivity contribution in [3.63, 3.8) is 0 Å². The van der Waals surface area contributed by atoms with Crippen molar-refractivity contribution in [1.82, 2.24) is 0 Å². The highest BCUT2D eigenvalue weighted by atomic mass is 28.3. The van der Waals surface area contributed by atoms with Crippen molar-refractivity contribution in [2.24, 2.45) is 23.7 Å². The predicted octanol–water partition coefficient (Wildman–Crippen LogP) is 7.39. The Labute approximate surface area is 166 Å². The zero-order valence-electron chi connectivity index (χ0n) is 17.4. The molecule has 0 spiro atoms. The van der Waals surface area contributed by atoms with Crippen LogP contribution in [0.3, 0.4) is 0 Å². The van der Waals surface area contributed by atoms with Crippen molar-refractivity contribution >= 4 is 8.80 Å². The summed E-state index contributed by atoms with van der Waals surface area (Å²) < 4.78 is 26.4. The lowest BCUT2D eigenvalue weighted by molar-refractivity contribution is 0.186. The van der Waals surface area contributed by atoms with Gasteiger partial charge in [0.25, 0.3) is 0 Å². The molecule has 1 aliphatic heterocycles. The second kappa shape index (κ2) is 10.2. The largest absolute Gasteiger partial charge is 0.204 e. The second-order valence-electron chi connectivity index (χ2n) is 9.82. The van der Waals surface area contributed by atoms with E-state index in [1.807, 2.05) is 0 Å². The van der Waals surface area contributed by atoms with Gasteiger partial charge in [-0.25, -0.2) is 8.78 Å². The van der Waals surface area contributed by atoms with E-state index < -0.39 is 20.4 Å². The van der Waals surface area contributed by atoms with E-state index in [-0.39, 0.29) is 0 Å². The molecule has 2 aliphatic rings. The molecule has 1 saturated heterocycles. The molecule has 0 atom stereocenters. The van der Waals surface area contributed by atoms with Crippen molar-refractivity contribution in [2.75, 3.05) is 0 Å². The van der Waals surface area contributed by atoms with E-state index in [0.29, 0.717) is 0 Å². The number of hydrogen-bond acceptors (Lipinski definition) is 0. The highest BCUT2D eigenvalue weighted by Gasteiger charge is 2.31. The summed E-state index contributed by atoms with van der Waals surface area (Å²) in [5, 5.41) is 0. The molecular weight excluding hydrogens is 354 g/mol. The summed E-state index contributed by atoms with van der Waals surface area (Å²) in [4.78, 5) is 0. The van der Waals surface area contributed by atoms with Gasteiger partial charge in [0.15, 0.2) is 11.6 Å². The maximum absolute atomic E-state index is 13.3. The molecule has 1 heterocycles. The van der Waals surface area contributed by atoms with E-state index in [0.717, 1.165) is 42.1 Å². The van der Waals surface area contributed by atoms with Crippen LogP contribution in [0.15, 0.2) is 18.2 Å². The number of hydrogen-bond donors (Lipinski definition) is 0. The Morgan fingerprint density at radius 3 is 2.22 bits per heavy atom. The molecule has 152 valence electrons. The van der Waals surface area contributed by atoms with Crippen LogP contribution in [0.1, 0.15) is 70.8 Å². The fraction of sp³-hybridized carbons (Fsp3) is 0.750. The van der Waals surface area contributed by atoms with Gasteiger partial charge in [-0.1, -0.05) is 70.2 Å². The van der Waals surface area contributed by atoms with Crippen LogP contribution >= 0.6 is 0 Å². The Kier molecular flexibility index (Phi) is 7.93. The lowest BCUT2D eigenvalue weighted by Crippen LogP contribution is -2.28. The van der Waals surface area contributed by atoms with Gasteiger partial charge in [0.2, 0.25) is 0 Å². The van der Waals surface area contributed by atoms with Crippen LogP contribution in [0.5, 0.6) is 0 Å². The van der Waals surface area contributed by atoms with Crippen molar-refractivity contribution in [2.45, 2.75) is 89.8 Å². The van der Waals surface area contributed by atoms with Crippen molar-refractivity contribution in [3.8, 4) is 0 Å². The summed E-state index contributed by atoms with van der Waals surface area (Å²) in [6.45, 7) is 4.73. The Bertz CT molecular complexity index is 570. The maximum atomic E-state index is 13.3. The molecule has 3 rings (SSSR count). The minimum Gasteiger partial charge on any atom is -0.204 e. The minimum absolute atomic E-state index is 0.399. The van der Waals surface area contributed by atoms with E-state index in [1.165, 1.54) is 57.1 Å². The molecule has 27 heavy (non-hydrogen) atoms. The summed E-state index contributed by atoms with van der Waals surface area (Å²) in [6, 6.07) is 9.18. The average Bonchev–Trinajstić information content (AvgIpc) is 2.68.